The average Bonchev–Trinajstić information content (AvgIpc) is 2.76. The molecule has 0 aromatic heterocycles. The lowest BCUT2D eigenvalue weighted by atomic mass is 10.0. The third kappa shape index (κ3) is 12.0. The number of ether oxygens (including phenoxy) is 3. The topological polar surface area (TPSA) is 115 Å². The zero-order valence-electron chi connectivity index (χ0n) is 20.2. The molecule has 1 aliphatic rings. The molecule has 2 amide bonds. The number of amides is 2. The van der Waals surface area contributed by atoms with Gasteiger partial charge in [-0.2, -0.15) is 0 Å². The van der Waals surface area contributed by atoms with Crippen molar-refractivity contribution >= 4 is 12.0 Å². The Hall–Kier alpha value is -2.20. The van der Waals surface area contributed by atoms with Crippen molar-refractivity contribution in [2.45, 2.75) is 51.8 Å². The maximum atomic E-state index is 12.3. The lowest BCUT2D eigenvalue weighted by Gasteiger charge is -2.30. The van der Waals surface area contributed by atoms with Crippen molar-refractivity contribution in [3.8, 4) is 0 Å². The van der Waals surface area contributed by atoms with E-state index in [9.17, 15) is 9.59 Å². The summed E-state index contributed by atoms with van der Waals surface area (Å²) in [7, 11) is 0. The van der Waals surface area contributed by atoms with Gasteiger partial charge in [-0.1, -0.05) is 12.1 Å². The number of hydrogen-bond acceptors (Lipinski definition) is 7. The van der Waals surface area contributed by atoms with Crippen LogP contribution in [0.25, 0.3) is 0 Å². The highest BCUT2D eigenvalue weighted by Gasteiger charge is 2.16. The third-order valence-corrected chi connectivity index (χ3v) is 5.07. The Morgan fingerprint density at radius 3 is 2.12 bits per heavy atom. The number of nitrogens with one attached hydrogen (secondary N) is 2. The van der Waals surface area contributed by atoms with Crippen molar-refractivity contribution in [3.05, 3.63) is 35.4 Å². The molecule has 1 aromatic rings. The molecule has 9 heteroatoms. The van der Waals surface area contributed by atoms with Crippen molar-refractivity contribution in [2.75, 3.05) is 52.6 Å². The first-order valence-corrected chi connectivity index (χ1v) is 11.7. The molecule has 1 fully saturated rings. The van der Waals surface area contributed by atoms with Crippen molar-refractivity contribution in [3.63, 3.8) is 0 Å². The summed E-state index contributed by atoms with van der Waals surface area (Å²) in [5, 5.41) is 5.48. The van der Waals surface area contributed by atoms with Crippen LogP contribution < -0.4 is 16.4 Å². The fourth-order valence-electron chi connectivity index (χ4n) is 3.33. The van der Waals surface area contributed by atoms with Gasteiger partial charge in [0.15, 0.2) is 0 Å². The van der Waals surface area contributed by atoms with Crippen LogP contribution >= 0.6 is 0 Å². The molecule has 0 radical (unpaired) electrons. The lowest BCUT2D eigenvalue weighted by Crippen LogP contribution is -2.39. The molecule has 1 saturated heterocycles. The summed E-state index contributed by atoms with van der Waals surface area (Å²) < 4.78 is 16.0. The highest BCUT2D eigenvalue weighted by Crippen LogP contribution is 2.13. The van der Waals surface area contributed by atoms with Crippen molar-refractivity contribution < 1.29 is 23.8 Å². The van der Waals surface area contributed by atoms with E-state index in [2.05, 4.69) is 15.5 Å². The Labute approximate surface area is 197 Å². The number of nitrogens with two attached hydrogens (primary N) is 1. The summed E-state index contributed by atoms with van der Waals surface area (Å²) in [5.41, 5.74) is 7.28. The standard InChI is InChI=1S/C24H40N4O5/c1-24(2,3)33-23(30)27-11-15-32-17-16-31-14-10-26-22(29)20-6-4-19(5-7-20)18-28-12-8-21(25)9-13-28/h4-7,21H,8-18,25H2,1-3H3,(H,26,29)(H,27,30). The average molecular weight is 465 g/mol. The molecule has 0 atom stereocenters. The molecule has 1 heterocycles. The van der Waals surface area contributed by atoms with Gasteiger partial charge in [0.05, 0.1) is 26.4 Å². The van der Waals surface area contributed by atoms with Crippen LogP contribution in [0.1, 0.15) is 49.5 Å². The Morgan fingerprint density at radius 2 is 1.55 bits per heavy atom. The second kappa shape index (κ2) is 14.1. The Bertz CT molecular complexity index is 713. The van der Waals surface area contributed by atoms with Crippen LogP contribution in [0.15, 0.2) is 24.3 Å². The van der Waals surface area contributed by atoms with Crippen LogP contribution in [0.3, 0.4) is 0 Å². The molecule has 2 rings (SSSR count). The van der Waals surface area contributed by atoms with Gasteiger partial charge in [-0.3, -0.25) is 9.69 Å². The predicted octanol–water partition coefficient (Wildman–Crippen LogP) is 1.90. The molecular weight excluding hydrogens is 424 g/mol. The van der Waals surface area contributed by atoms with E-state index in [0.29, 0.717) is 51.1 Å². The van der Waals surface area contributed by atoms with Crippen LogP contribution in [0.5, 0.6) is 0 Å². The van der Waals surface area contributed by atoms with Crippen molar-refractivity contribution in [2.24, 2.45) is 5.73 Å². The summed E-state index contributed by atoms with van der Waals surface area (Å²) in [6.07, 6.45) is 1.62. The number of hydrogen-bond donors (Lipinski definition) is 3. The van der Waals surface area contributed by atoms with Crippen molar-refractivity contribution in [1.82, 2.24) is 15.5 Å². The van der Waals surface area contributed by atoms with Gasteiger partial charge in [0, 0.05) is 31.2 Å². The van der Waals surface area contributed by atoms with Crippen LogP contribution in [-0.2, 0) is 20.8 Å². The number of benzene rings is 1. The number of alkyl carbamates (subject to hydrolysis) is 1. The predicted molar refractivity (Wildman–Crippen MR) is 127 cm³/mol. The maximum Gasteiger partial charge on any atom is 0.407 e. The molecule has 33 heavy (non-hydrogen) atoms. The normalized spacial score (nSPS) is 15.3. The van der Waals surface area contributed by atoms with E-state index in [1.54, 1.807) is 0 Å². The van der Waals surface area contributed by atoms with Crippen LogP contribution in [-0.4, -0.2) is 81.1 Å². The van der Waals surface area contributed by atoms with Gasteiger partial charge in [0.25, 0.3) is 5.91 Å². The molecule has 4 N–H and O–H groups in total. The first-order chi connectivity index (χ1) is 15.7. The summed E-state index contributed by atoms with van der Waals surface area (Å²) in [5.74, 6) is -0.112. The number of carbonyl (C=O) groups is 2. The Balaban J connectivity index is 1.48. The van der Waals surface area contributed by atoms with Crippen LogP contribution in [0.2, 0.25) is 0 Å². The fourth-order valence-corrected chi connectivity index (χ4v) is 3.33. The highest BCUT2D eigenvalue weighted by molar-refractivity contribution is 5.94. The SMILES string of the molecule is CC(C)(C)OC(=O)NCCOCCOCCNC(=O)c1ccc(CN2CCC(N)CC2)cc1. The van der Waals surface area contributed by atoms with Gasteiger partial charge >= 0.3 is 6.09 Å². The molecule has 0 unspecified atom stereocenters. The van der Waals surface area contributed by atoms with Gasteiger partial charge < -0.3 is 30.6 Å². The minimum Gasteiger partial charge on any atom is -0.444 e. The van der Waals surface area contributed by atoms with Gasteiger partial charge in [-0.05, 0) is 64.4 Å². The fraction of sp³-hybridized carbons (Fsp3) is 0.667. The molecule has 1 aliphatic heterocycles. The summed E-state index contributed by atoms with van der Waals surface area (Å²) in [6, 6.07) is 8.07. The van der Waals surface area contributed by atoms with Gasteiger partial charge in [-0.25, -0.2) is 4.79 Å². The smallest absolute Gasteiger partial charge is 0.407 e. The first-order valence-electron chi connectivity index (χ1n) is 11.7. The van der Waals surface area contributed by atoms with E-state index in [4.69, 9.17) is 19.9 Å². The minimum absolute atomic E-state index is 0.112. The molecule has 0 spiro atoms. The summed E-state index contributed by atoms with van der Waals surface area (Å²) >= 11 is 0. The van der Waals surface area contributed by atoms with E-state index in [1.807, 2.05) is 45.0 Å². The van der Waals surface area contributed by atoms with Gasteiger partial charge in [-0.15, -0.1) is 0 Å². The van der Waals surface area contributed by atoms with E-state index in [1.165, 1.54) is 5.56 Å². The molecular formula is C24H40N4O5. The Kier molecular flexibility index (Phi) is 11.6. The largest absolute Gasteiger partial charge is 0.444 e. The molecule has 0 bridgehead atoms. The number of nitrogens with zero attached hydrogens (tertiary/aromatic N) is 1. The minimum atomic E-state index is -0.514. The Morgan fingerprint density at radius 1 is 0.970 bits per heavy atom. The molecule has 0 aliphatic carbocycles. The number of piperidine rings is 1. The monoisotopic (exact) mass is 464 g/mol. The molecule has 1 aromatic carbocycles. The summed E-state index contributed by atoms with van der Waals surface area (Å²) in [6.45, 7) is 10.8. The lowest BCUT2D eigenvalue weighted by molar-refractivity contribution is 0.0400. The van der Waals surface area contributed by atoms with E-state index in [-0.39, 0.29) is 5.91 Å². The molecule has 9 nitrogen and oxygen atoms in total. The number of likely N-dealkylation sites (tertiary alicyclic amines) is 1. The van der Waals surface area contributed by atoms with Gasteiger partial charge in [0.2, 0.25) is 0 Å². The number of carbonyl (C=O) groups excluding carboxylic acids is 2. The number of rotatable bonds is 12. The van der Waals surface area contributed by atoms with Gasteiger partial charge in [0.1, 0.15) is 5.60 Å². The van der Waals surface area contributed by atoms with Crippen LogP contribution in [0.4, 0.5) is 4.79 Å². The summed E-state index contributed by atoms with van der Waals surface area (Å²) in [4.78, 5) is 26.1. The van der Waals surface area contributed by atoms with Crippen molar-refractivity contribution in [1.29, 1.82) is 0 Å². The van der Waals surface area contributed by atoms with E-state index in [0.717, 1.165) is 32.5 Å². The quantitative estimate of drug-likeness (QED) is 0.405. The highest BCUT2D eigenvalue weighted by atomic mass is 16.6. The van der Waals surface area contributed by atoms with E-state index < -0.39 is 11.7 Å². The third-order valence-electron chi connectivity index (χ3n) is 5.07. The second-order valence-corrected chi connectivity index (χ2v) is 9.22. The van der Waals surface area contributed by atoms with Crippen LogP contribution in [0, 0.1) is 0 Å². The van der Waals surface area contributed by atoms with E-state index >= 15 is 0 Å². The molecule has 186 valence electrons. The zero-order valence-corrected chi connectivity index (χ0v) is 20.2. The maximum absolute atomic E-state index is 12.3. The first kappa shape index (κ1) is 27.0. The second-order valence-electron chi connectivity index (χ2n) is 9.22. The molecule has 0 saturated carbocycles. The zero-order chi connectivity index (χ0) is 24.1.